The summed E-state index contributed by atoms with van der Waals surface area (Å²) >= 11 is 0. The number of ether oxygens (including phenoxy) is 1. The van der Waals surface area contributed by atoms with Crippen molar-refractivity contribution in [2.45, 2.75) is 38.7 Å². The molecule has 0 saturated heterocycles. The number of rotatable bonds is 6. The molecule has 0 heterocycles. The second-order valence-electron chi connectivity index (χ2n) is 6.19. The van der Waals surface area contributed by atoms with E-state index in [1.807, 2.05) is 24.3 Å². The first-order valence-corrected chi connectivity index (χ1v) is 8.41. The van der Waals surface area contributed by atoms with E-state index in [0.717, 1.165) is 23.9 Å². The maximum absolute atomic E-state index is 5.88. The minimum atomic E-state index is 0.618. The molecule has 0 aliphatic heterocycles. The smallest absolute Gasteiger partial charge is 0.121 e. The number of benzene rings is 2. The number of nitrogens with one attached hydrogen (secondary N) is 1. The van der Waals surface area contributed by atoms with Gasteiger partial charge >= 0.3 is 0 Å². The van der Waals surface area contributed by atoms with Gasteiger partial charge in [-0.2, -0.15) is 0 Å². The fourth-order valence-electron chi connectivity index (χ4n) is 3.09. The molecule has 2 heteroatoms. The molecule has 0 unspecified atom stereocenters. The van der Waals surface area contributed by atoms with Crippen LogP contribution >= 0.6 is 0 Å². The van der Waals surface area contributed by atoms with Crippen LogP contribution in [0.25, 0.3) is 0 Å². The summed E-state index contributed by atoms with van der Waals surface area (Å²) in [7, 11) is 0. The predicted octanol–water partition coefficient (Wildman–Crippen LogP) is 5.26. The summed E-state index contributed by atoms with van der Waals surface area (Å²) < 4.78 is 5.88. The maximum Gasteiger partial charge on any atom is 0.121 e. The lowest BCUT2D eigenvalue weighted by atomic mass is 9.89. The van der Waals surface area contributed by atoms with Gasteiger partial charge in [0.25, 0.3) is 0 Å². The topological polar surface area (TPSA) is 21.3 Å². The highest BCUT2D eigenvalue weighted by atomic mass is 16.5. The van der Waals surface area contributed by atoms with Gasteiger partial charge in [0.1, 0.15) is 12.4 Å². The average Bonchev–Trinajstić information content (AvgIpc) is 2.60. The van der Waals surface area contributed by atoms with Crippen LogP contribution in [0.5, 0.6) is 5.75 Å². The van der Waals surface area contributed by atoms with Crippen LogP contribution in [-0.2, 0) is 6.61 Å². The number of hydrogen-bond acceptors (Lipinski definition) is 2. The first-order chi connectivity index (χ1) is 10.9. The summed E-state index contributed by atoms with van der Waals surface area (Å²) in [5.74, 6) is 1.76. The Kier molecular flexibility index (Phi) is 5.36. The quantitative estimate of drug-likeness (QED) is 0.785. The molecule has 1 saturated carbocycles. The van der Waals surface area contributed by atoms with Gasteiger partial charge < -0.3 is 10.1 Å². The van der Waals surface area contributed by atoms with Gasteiger partial charge in [0.2, 0.25) is 0 Å². The van der Waals surface area contributed by atoms with Crippen molar-refractivity contribution in [2.24, 2.45) is 5.92 Å². The second kappa shape index (κ2) is 7.88. The van der Waals surface area contributed by atoms with Crippen molar-refractivity contribution in [3.8, 4) is 5.75 Å². The molecule has 22 heavy (non-hydrogen) atoms. The van der Waals surface area contributed by atoms with Crippen molar-refractivity contribution in [1.82, 2.24) is 0 Å². The van der Waals surface area contributed by atoms with Crippen LogP contribution in [0.3, 0.4) is 0 Å². The van der Waals surface area contributed by atoms with E-state index >= 15 is 0 Å². The van der Waals surface area contributed by atoms with E-state index < -0.39 is 0 Å². The first-order valence-electron chi connectivity index (χ1n) is 8.41. The Bertz CT molecular complexity index is 561. The summed E-state index contributed by atoms with van der Waals surface area (Å²) in [6, 6.07) is 18.6. The molecule has 1 N–H and O–H groups in total. The molecule has 2 aromatic carbocycles. The summed E-state index contributed by atoms with van der Waals surface area (Å²) in [5, 5.41) is 3.57. The largest absolute Gasteiger partial charge is 0.489 e. The second-order valence-corrected chi connectivity index (χ2v) is 6.19. The van der Waals surface area contributed by atoms with Crippen molar-refractivity contribution in [2.75, 3.05) is 11.9 Å². The van der Waals surface area contributed by atoms with Crippen LogP contribution in [0.15, 0.2) is 54.6 Å². The Labute approximate surface area is 133 Å². The Morgan fingerprint density at radius 3 is 2.55 bits per heavy atom. The lowest BCUT2D eigenvalue weighted by Gasteiger charge is -2.22. The normalized spacial score (nSPS) is 15.5. The Hall–Kier alpha value is -1.96. The molecule has 1 fully saturated rings. The Morgan fingerprint density at radius 1 is 0.909 bits per heavy atom. The fraction of sp³-hybridized carbons (Fsp3) is 0.400. The van der Waals surface area contributed by atoms with Crippen molar-refractivity contribution in [3.63, 3.8) is 0 Å². The zero-order chi connectivity index (χ0) is 15.0. The molecule has 1 aliphatic rings. The maximum atomic E-state index is 5.88. The van der Waals surface area contributed by atoms with Crippen LogP contribution in [0.1, 0.15) is 37.7 Å². The minimum Gasteiger partial charge on any atom is -0.489 e. The molecule has 0 spiro atoms. The first kappa shape index (κ1) is 15.0. The van der Waals surface area contributed by atoms with E-state index in [-0.39, 0.29) is 0 Å². The van der Waals surface area contributed by atoms with Crippen LogP contribution in [-0.4, -0.2) is 6.54 Å². The van der Waals surface area contributed by atoms with Crippen molar-refractivity contribution in [1.29, 1.82) is 0 Å². The van der Waals surface area contributed by atoms with Crippen LogP contribution < -0.4 is 10.1 Å². The molecular weight excluding hydrogens is 270 g/mol. The van der Waals surface area contributed by atoms with E-state index in [1.165, 1.54) is 37.7 Å². The SMILES string of the molecule is c1ccc(COc2cccc(NCC3CCCCC3)c2)cc1. The average molecular weight is 295 g/mol. The molecule has 2 aromatic rings. The molecule has 0 atom stereocenters. The minimum absolute atomic E-state index is 0.618. The van der Waals surface area contributed by atoms with Gasteiger partial charge in [-0.1, -0.05) is 55.7 Å². The molecule has 116 valence electrons. The van der Waals surface area contributed by atoms with Gasteiger partial charge in [-0.3, -0.25) is 0 Å². The number of hydrogen-bond donors (Lipinski definition) is 1. The summed E-state index contributed by atoms with van der Waals surface area (Å²) in [6.45, 7) is 1.70. The van der Waals surface area contributed by atoms with E-state index in [0.29, 0.717) is 6.61 Å². The molecule has 1 aliphatic carbocycles. The van der Waals surface area contributed by atoms with Gasteiger partial charge in [-0.25, -0.2) is 0 Å². The molecule has 0 aromatic heterocycles. The Morgan fingerprint density at radius 2 is 1.73 bits per heavy atom. The third kappa shape index (κ3) is 4.52. The highest BCUT2D eigenvalue weighted by Gasteiger charge is 2.12. The third-order valence-electron chi connectivity index (χ3n) is 4.40. The lowest BCUT2D eigenvalue weighted by Crippen LogP contribution is -2.17. The molecule has 0 bridgehead atoms. The third-order valence-corrected chi connectivity index (χ3v) is 4.40. The standard InChI is InChI=1S/C20H25NO/c1-3-8-17(9-4-1)15-21-19-12-7-13-20(14-19)22-16-18-10-5-2-6-11-18/h2,5-7,10-14,17,21H,1,3-4,8-9,15-16H2. The Balaban J connectivity index is 1.51. The molecule has 0 amide bonds. The van der Waals surface area contributed by atoms with Crippen LogP contribution in [0.4, 0.5) is 5.69 Å². The number of anilines is 1. The monoisotopic (exact) mass is 295 g/mol. The van der Waals surface area contributed by atoms with Crippen LogP contribution in [0, 0.1) is 5.92 Å². The fourth-order valence-corrected chi connectivity index (χ4v) is 3.09. The molecule has 0 radical (unpaired) electrons. The van der Waals surface area contributed by atoms with Gasteiger partial charge in [0.15, 0.2) is 0 Å². The zero-order valence-electron chi connectivity index (χ0n) is 13.1. The predicted molar refractivity (Wildman–Crippen MR) is 92.3 cm³/mol. The van der Waals surface area contributed by atoms with E-state index in [1.54, 1.807) is 0 Å². The van der Waals surface area contributed by atoms with Crippen molar-refractivity contribution in [3.05, 3.63) is 60.2 Å². The van der Waals surface area contributed by atoms with Gasteiger partial charge in [-0.15, -0.1) is 0 Å². The highest BCUT2D eigenvalue weighted by molar-refractivity contribution is 5.48. The van der Waals surface area contributed by atoms with E-state index in [9.17, 15) is 0 Å². The lowest BCUT2D eigenvalue weighted by molar-refractivity contribution is 0.306. The zero-order valence-corrected chi connectivity index (χ0v) is 13.1. The van der Waals surface area contributed by atoms with Crippen molar-refractivity contribution < 1.29 is 4.74 Å². The molecule has 3 rings (SSSR count). The van der Waals surface area contributed by atoms with Crippen LogP contribution in [0.2, 0.25) is 0 Å². The van der Waals surface area contributed by atoms with Gasteiger partial charge in [-0.05, 0) is 36.5 Å². The highest BCUT2D eigenvalue weighted by Crippen LogP contribution is 2.25. The van der Waals surface area contributed by atoms with Gasteiger partial charge in [0.05, 0.1) is 0 Å². The summed E-state index contributed by atoms with van der Waals surface area (Å²) in [5.41, 5.74) is 2.36. The van der Waals surface area contributed by atoms with E-state index in [2.05, 4.69) is 35.6 Å². The summed E-state index contributed by atoms with van der Waals surface area (Å²) in [6.07, 6.45) is 6.95. The van der Waals surface area contributed by atoms with Gasteiger partial charge in [0, 0.05) is 18.3 Å². The molecular formula is C20H25NO. The summed E-state index contributed by atoms with van der Waals surface area (Å²) in [4.78, 5) is 0. The molecule has 2 nitrogen and oxygen atoms in total. The van der Waals surface area contributed by atoms with E-state index in [4.69, 9.17) is 4.74 Å². The van der Waals surface area contributed by atoms with Crippen molar-refractivity contribution >= 4 is 5.69 Å².